The molecule has 0 aliphatic rings. The van der Waals surface area contributed by atoms with E-state index in [4.69, 9.17) is 5.11 Å². The summed E-state index contributed by atoms with van der Waals surface area (Å²) in [7, 11) is 0. The fraction of sp³-hybridized carbons (Fsp3) is 0. The standard InChI is InChI=1S/C16H9F2N3O4/c17-10-5-9(6-11(18)7-10)14-13(16(24)25)19-20-21(14)12-3-1-8(2-4-12)15(22)23/h1-7H,(H,22,23)(H,24,25). The lowest BCUT2D eigenvalue weighted by molar-refractivity contribution is 0.0683. The Balaban J connectivity index is 2.21. The summed E-state index contributed by atoms with van der Waals surface area (Å²) in [5, 5.41) is 25.4. The summed E-state index contributed by atoms with van der Waals surface area (Å²) in [6, 6.07) is 7.89. The molecule has 0 saturated carbocycles. The fourth-order valence-corrected chi connectivity index (χ4v) is 2.30. The molecule has 25 heavy (non-hydrogen) atoms. The number of carbonyl (C=O) groups is 2. The van der Waals surface area contributed by atoms with Gasteiger partial charge in [0.25, 0.3) is 0 Å². The minimum absolute atomic E-state index is 0.0145. The van der Waals surface area contributed by atoms with Crippen molar-refractivity contribution in [1.82, 2.24) is 15.0 Å². The molecule has 2 aromatic carbocycles. The van der Waals surface area contributed by atoms with Gasteiger partial charge in [-0.05, 0) is 36.4 Å². The van der Waals surface area contributed by atoms with Crippen molar-refractivity contribution in [3.63, 3.8) is 0 Å². The number of rotatable bonds is 4. The van der Waals surface area contributed by atoms with Crippen LogP contribution in [0.4, 0.5) is 8.78 Å². The quantitative estimate of drug-likeness (QED) is 0.753. The first-order chi connectivity index (χ1) is 11.9. The van der Waals surface area contributed by atoms with Crippen molar-refractivity contribution < 1.29 is 28.6 Å². The third-order valence-electron chi connectivity index (χ3n) is 3.37. The van der Waals surface area contributed by atoms with Crippen LogP contribution in [0.2, 0.25) is 0 Å². The monoisotopic (exact) mass is 345 g/mol. The number of nitrogens with zero attached hydrogens (tertiary/aromatic N) is 3. The van der Waals surface area contributed by atoms with Crippen molar-refractivity contribution in [3.05, 3.63) is 65.4 Å². The van der Waals surface area contributed by atoms with Crippen LogP contribution in [0, 0.1) is 11.6 Å². The number of hydrogen-bond acceptors (Lipinski definition) is 4. The Morgan fingerprint density at radius 2 is 1.52 bits per heavy atom. The molecule has 2 N–H and O–H groups in total. The molecule has 3 aromatic rings. The molecule has 0 amide bonds. The number of carboxylic acid groups (broad SMARTS) is 2. The fourth-order valence-electron chi connectivity index (χ4n) is 2.30. The van der Waals surface area contributed by atoms with Gasteiger partial charge in [0.05, 0.1) is 11.3 Å². The van der Waals surface area contributed by atoms with Gasteiger partial charge in [0.1, 0.15) is 17.3 Å². The predicted octanol–water partition coefficient (Wildman–Crippen LogP) is 2.61. The zero-order valence-corrected chi connectivity index (χ0v) is 12.3. The molecule has 0 saturated heterocycles. The van der Waals surface area contributed by atoms with E-state index in [9.17, 15) is 23.5 Å². The van der Waals surface area contributed by atoms with Gasteiger partial charge in [0.15, 0.2) is 5.69 Å². The second kappa shape index (κ2) is 6.11. The molecular formula is C16H9F2N3O4. The second-order valence-corrected chi connectivity index (χ2v) is 5.01. The van der Waals surface area contributed by atoms with E-state index in [0.29, 0.717) is 6.07 Å². The Morgan fingerprint density at radius 1 is 0.920 bits per heavy atom. The molecule has 0 fully saturated rings. The van der Waals surface area contributed by atoms with Crippen LogP contribution in [0.15, 0.2) is 42.5 Å². The Bertz CT molecular complexity index is 963. The molecule has 1 aromatic heterocycles. The topological polar surface area (TPSA) is 105 Å². The number of benzene rings is 2. The van der Waals surface area contributed by atoms with Crippen molar-refractivity contribution in [2.75, 3.05) is 0 Å². The number of hydrogen-bond donors (Lipinski definition) is 2. The van der Waals surface area contributed by atoms with E-state index < -0.39 is 29.3 Å². The van der Waals surface area contributed by atoms with Gasteiger partial charge in [-0.2, -0.15) is 0 Å². The van der Waals surface area contributed by atoms with Crippen molar-refractivity contribution in [2.45, 2.75) is 0 Å². The minimum atomic E-state index is -1.42. The van der Waals surface area contributed by atoms with Gasteiger partial charge in [0.2, 0.25) is 0 Å². The first-order valence-corrected chi connectivity index (χ1v) is 6.86. The Kier molecular flexibility index (Phi) is 3.97. The molecule has 0 aliphatic carbocycles. The normalized spacial score (nSPS) is 10.6. The van der Waals surface area contributed by atoms with Gasteiger partial charge in [-0.3, -0.25) is 0 Å². The lowest BCUT2D eigenvalue weighted by atomic mass is 10.1. The van der Waals surface area contributed by atoms with Crippen molar-refractivity contribution in [1.29, 1.82) is 0 Å². The summed E-state index contributed by atoms with van der Waals surface area (Å²) < 4.78 is 28.1. The lowest BCUT2D eigenvalue weighted by Gasteiger charge is -2.08. The first kappa shape index (κ1) is 16.2. The van der Waals surface area contributed by atoms with Gasteiger partial charge in [-0.25, -0.2) is 23.1 Å². The Labute approximate surface area is 138 Å². The first-order valence-electron chi connectivity index (χ1n) is 6.86. The maximum atomic E-state index is 13.5. The third kappa shape index (κ3) is 3.07. The van der Waals surface area contributed by atoms with Crippen LogP contribution >= 0.6 is 0 Å². The number of carboxylic acids is 2. The van der Waals surface area contributed by atoms with E-state index in [-0.39, 0.29) is 22.5 Å². The molecule has 0 aliphatic heterocycles. The highest BCUT2D eigenvalue weighted by Gasteiger charge is 2.22. The maximum absolute atomic E-state index is 13.5. The van der Waals surface area contributed by atoms with Crippen molar-refractivity contribution in [2.24, 2.45) is 0 Å². The molecule has 126 valence electrons. The van der Waals surface area contributed by atoms with E-state index in [0.717, 1.165) is 16.8 Å². The van der Waals surface area contributed by atoms with Gasteiger partial charge in [-0.15, -0.1) is 5.10 Å². The molecule has 0 atom stereocenters. The van der Waals surface area contributed by atoms with Crippen LogP contribution in [-0.4, -0.2) is 37.1 Å². The van der Waals surface area contributed by atoms with Crippen LogP contribution in [-0.2, 0) is 0 Å². The van der Waals surface area contributed by atoms with Crippen LogP contribution in [0.5, 0.6) is 0 Å². The number of aromatic carboxylic acids is 2. The van der Waals surface area contributed by atoms with Gasteiger partial charge in [0, 0.05) is 11.6 Å². The SMILES string of the molecule is O=C(O)c1ccc(-n2nnc(C(=O)O)c2-c2cc(F)cc(F)c2)cc1. The van der Waals surface area contributed by atoms with Gasteiger partial charge < -0.3 is 10.2 Å². The molecule has 0 spiro atoms. The molecular weight excluding hydrogens is 336 g/mol. The largest absolute Gasteiger partial charge is 0.478 e. The average molecular weight is 345 g/mol. The zero-order chi connectivity index (χ0) is 18.1. The van der Waals surface area contributed by atoms with Crippen LogP contribution in [0.25, 0.3) is 16.9 Å². The summed E-state index contributed by atoms with van der Waals surface area (Å²) in [6.07, 6.45) is 0. The Morgan fingerprint density at radius 3 is 2.04 bits per heavy atom. The van der Waals surface area contributed by atoms with Gasteiger partial charge >= 0.3 is 11.9 Å². The molecule has 9 heteroatoms. The summed E-state index contributed by atoms with van der Waals surface area (Å²) in [6.45, 7) is 0. The molecule has 1 heterocycles. The van der Waals surface area contributed by atoms with E-state index in [1.165, 1.54) is 24.3 Å². The molecule has 0 radical (unpaired) electrons. The van der Waals surface area contributed by atoms with Crippen LogP contribution in [0.3, 0.4) is 0 Å². The predicted molar refractivity (Wildman–Crippen MR) is 80.6 cm³/mol. The summed E-state index contributed by atoms with van der Waals surface area (Å²) in [4.78, 5) is 22.3. The number of aromatic nitrogens is 3. The van der Waals surface area contributed by atoms with Crippen LogP contribution < -0.4 is 0 Å². The zero-order valence-electron chi connectivity index (χ0n) is 12.3. The van der Waals surface area contributed by atoms with E-state index >= 15 is 0 Å². The molecule has 7 nitrogen and oxygen atoms in total. The molecule has 3 rings (SSSR count). The highest BCUT2D eigenvalue weighted by atomic mass is 19.1. The lowest BCUT2D eigenvalue weighted by Crippen LogP contribution is -2.04. The summed E-state index contributed by atoms with van der Waals surface area (Å²) >= 11 is 0. The second-order valence-electron chi connectivity index (χ2n) is 5.01. The molecule has 0 unspecified atom stereocenters. The summed E-state index contributed by atoms with van der Waals surface area (Å²) in [5.41, 5.74) is -0.395. The van der Waals surface area contributed by atoms with E-state index in [1.807, 2.05) is 0 Å². The highest BCUT2D eigenvalue weighted by molar-refractivity contribution is 5.93. The highest BCUT2D eigenvalue weighted by Crippen LogP contribution is 2.27. The van der Waals surface area contributed by atoms with Crippen molar-refractivity contribution in [3.8, 4) is 16.9 Å². The minimum Gasteiger partial charge on any atom is -0.478 e. The summed E-state index contributed by atoms with van der Waals surface area (Å²) in [5.74, 6) is -4.34. The average Bonchev–Trinajstić information content (AvgIpc) is 2.99. The van der Waals surface area contributed by atoms with Crippen molar-refractivity contribution >= 4 is 11.9 Å². The third-order valence-corrected chi connectivity index (χ3v) is 3.37. The van der Waals surface area contributed by atoms with Gasteiger partial charge in [-0.1, -0.05) is 5.21 Å². The molecule has 0 bridgehead atoms. The Hall–Kier alpha value is -3.62. The van der Waals surface area contributed by atoms with Crippen LogP contribution in [0.1, 0.15) is 20.8 Å². The number of halogens is 2. The maximum Gasteiger partial charge on any atom is 0.358 e. The van der Waals surface area contributed by atoms with E-state index in [2.05, 4.69) is 10.3 Å². The van der Waals surface area contributed by atoms with E-state index in [1.54, 1.807) is 0 Å². The smallest absolute Gasteiger partial charge is 0.358 e.